The Morgan fingerprint density at radius 1 is 1.02 bits per heavy atom. The van der Waals surface area contributed by atoms with Crippen LogP contribution < -0.4 is 20.3 Å². The van der Waals surface area contributed by atoms with Crippen LogP contribution in [0, 0.1) is 26.6 Å². The van der Waals surface area contributed by atoms with Crippen LogP contribution in [0.15, 0.2) is 72.2 Å². The Hall–Kier alpha value is -4.87. The molecule has 2 N–H and O–H groups in total. The molecule has 1 unspecified atom stereocenters. The van der Waals surface area contributed by atoms with E-state index in [0.29, 0.717) is 28.9 Å². The highest BCUT2D eigenvalue weighted by Crippen LogP contribution is 2.32. The molecule has 1 aliphatic heterocycles. The molecule has 1 aliphatic rings. The highest BCUT2D eigenvalue weighted by Gasteiger charge is 2.23. The quantitative estimate of drug-likeness (QED) is 0.180. The van der Waals surface area contributed by atoms with Crippen molar-refractivity contribution in [3.8, 4) is 22.9 Å². The van der Waals surface area contributed by atoms with Crippen molar-refractivity contribution in [3.63, 3.8) is 0 Å². The monoisotopic (exact) mass is 637 g/mol. The van der Waals surface area contributed by atoms with Gasteiger partial charge >= 0.3 is 0 Å². The molecule has 6 rings (SSSR count). The zero-order valence-corrected chi connectivity index (χ0v) is 27.3. The number of rotatable bonds is 8. The van der Waals surface area contributed by atoms with Crippen LogP contribution in [-0.4, -0.2) is 58.5 Å². The van der Waals surface area contributed by atoms with Gasteiger partial charge in [-0.2, -0.15) is 4.98 Å². The number of anilines is 4. The lowest BCUT2D eigenvalue weighted by Crippen LogP contribution is -2.50. The van der Waals surface area contributed by atoms with Crippen molar-refractivity contribution in [3.05, 3.63) is 99.8 Å². The predicted octanol–water partition coefficient (Wildman–Crippen LogP) is 7.59. The molecule has 1 atom stereocenters. The number of ether oxygens (including phenoxy) is 1. The van der Waals surface area contributed by atoms with E-state index in [0.717, 1.165) is 47.0 Å². The van der Waals surface area contributed by atoms with Crippen molar-refractivity contribution in [1.29, 1.82) is 0 Å². The van der Waals surface area contributed by atoms with E-state index in [1.165, 1.54) is 12.3 Å². The van der Waals surface area contributed by atoms with Crippen molar-refractivity contribution in [2.24, 2.45) is 0 Å². The van der Waals surface area contributed by atoms with Crippen LogP contribution in [0.1, 0.15) is 33.4 Å². The van der Waals surface area contributed by atoms with Gasteiger partial charge in [0, 0.05) is 54.2 Å². The fourth-order valence-corrected chi connectivity index (χ4v) is 6.04. The van der Waals surface area contributed by atoms with Crippen molar-refractivity contribution >= 4 is 40.3 Å². The van der Waals surface area contributed by atoms with Gasteiger partial charge in [0.1, 0.15) is 17.1 Å². The number of nitrogens with zero attached hydrogens (tertiary/aromatic N) is 5. The Balaban J connectivity index is 1.29. The van der Waals surface area contributed by atoms with E-state index >= 15 is 4.39 Å². The number of benzene rings is 3. The summed E-state index contributed by atoms with van der Waals surface area (Å²) in [7, 11) is 2.08. The average Bonchev–Trinajstić information content (AvgIpc) is 3.47. The molecule has 1 saturated heterocycles. The molecule has 46 heavy (non-hydrogen) atoms. The topological polar surface area (TPSA) is 95.5 Å². The van der Waals surface area contributed by atoms with Gasteiger partial charge in [0.15, 0.2) is 0 Å². The highest BCUT2D eigenvalue weighted by atomic mass is 32.1. The molecule has 0 bridgehead atoms. The van der Waals surface area contributed by atoms with Crippen LogP contribution in [0.4, 0.5) is 27.4 Å². The normalized spacial score (nSPS) is 15.1. The van der Waals surface area contributed by atoms with E-state index in [-0.39, 0.29) is 23.2 Å². The van der Waals surface area contributed by atoms with Crippen molar-refractivity contribution in [2.75, 3.05) is 42.2 Å². The molecule has 0 radical (unpaired) electrons. The van der Waals surface area contributed by atoms with E-state index in [1.807, 2.05) is 62.5 Å². The summed E-state index contributed by atoms with van der Waals surface area (Å²) in [5.41, 5.74) is 5.46. The molecule has 9 nitrogen and oxygen atoms in total. The number of carbonyl (C=O) groups is 1. The van der Waals surface area contributed by atoms with Gasteiger partial charge < -0.3 is 25.2 Å². The number of aryl methyl sites for hydroxylation is 3. The molecule has 0 aliphatic carbocycles. The Morgan fingerprint density at radius 2 is 1.80 bits per heavy atom. The lowest BCUT2D eigenvalue weighted by molar-refractivity contribution is 0.102. The Kier molecular flexibility index (Phi) is 8.96. The number of hydrogen-bond acceptors (Lipinski definition) is 9. The average molecular weight is 638 g/mol. The minimum Gasteiger partial charge on any atom is -0.438 e. The number of amides is 1. The molecule has 0 spiro atoms. The van der Waals surface area contributed by atoms with Crippen molar-refractivity contribution in [2.45, 2.75) is 33.7 Å². The summed E-state index contributed by atoms with van der Waals surface area (Å²) in [6, 6.07) is 18.6. The number of aromatic nitrogens is 3. The third-order valence-corrected chi connectivity index (χ3v) is 8.96. The molecule has 3 heterocycles. The van der Waals surface area contributed by atoms with Crippen molar-refractivity contribution < 1.29 is 13.9 Å². The van der Waals surface area contributed by atoms with Crippen LogP contribution in [-0.2, 0) is 0 Å². The Labute approximate surface area is 272 Å². The summed E-state index contributed by atoms with van der Waals surface area (Å²) < 4.78 is 21.6. The number of para-hydroxylation sites is 1. The first kappa shape index (κ1) is 31.1. The maximum atomic E-state index is 15.3. The summed E-state index contributed by atoms with van der Waals surface area (Å²) in [4.78, 5) is 31.5. The number of piperazine rings is 1. The standard InChI is InChI=1S/C35H36FN7O2S/c1-21-8-6-9-22(2)32(21)40-33(44)28-18-37-35(39-26-12-13-31(29(36)17-26)43-15-14-42(5)23(3)19-43)41-34(28)45-27-11-7-10-25(16-27)30-20-46-24(4)38-30/h6-13,16-18,20,23H,14-15,19H2,1-5H3,(H,40,44)(H,37,39,41). The Bertz CT molecular complexity index is 1870. The smallest absolute Gasteiger partial charge is 0.262 e. The second kappa shape index (κ2) is 13.2. The molecular formula is C35H36FN7O2S. The summed E-state index contributed by atoms with van der Waals surface area (Å²) in [6.07, 6.45) is 1.41. The third-order valence-electron chi connectivity index (χ3n) is 8.19. The Morgan fingerprint density at radius 3 is 2.52 bits per heavy atom. The third kappa shape index (κ3) is 6.85. The molecule has 5 aromatic rings. The number of carbonyl (C=O) groups excluding carboxylic acids is 1. The van der Waals surface area contributed by atoms with E-state index in [9.17, 15) is 4.79 Å². The van der Waals surface area contributed by atoms with Crippen LogP contribution in [0.3, 0.4) is 0 Å². The van der Waals surface area contributed by atoms with Gasteiger partial charge in [-0.05, 0) is 76.2 Å². The summed E-state index contributed by atoms with van der Waals surface area (Å²) in [5.74, 6) is -0.0636. The molecule has 0 saturated carbocycles. The summed E-state index contributed by atoms with van der Waals surface area (Å²) >= 11 is 1.57. The zero-order chi connectivity index (χ0) is 32.4. The van der Waals surface area contributed by atoms with Gasteiger partial charge in [-0.3, -0.25) is 4.79 Å². The van der Waals surface area contributed by atoms with Gasteiger partial charge in [-0.25, -0.2) is 14.4 Å². The van der Waals surface area contributed by atoms with Gasteiger partial charge in [0.05, 0.1) is 16.4 Å². The minimum absolute atomic E-state index is 0.0522. The fourth-order valence-electron chi connectivity index (χ4n) is 5.42. The number of thiazole rings is 1. The maximum Gasteiger partial charge on any atom is 0.262 e. The first-order valence-electron chi connectivity index (χ1n) is 15.1. The molecule has 236 valence electrons. The van der Waals surface area contributed by atoms with Crippen LogP contribution in [0.2, 0.25) is 0 Å². The van der Waals surface area contributed by atoms with E-state index in [2.05, 4.69) is 49.4 Å². The SMILES string of the molecule is Cc1nc(-c2cccc(Oc3nc(Nc4ccc(N5CCN(C)C(C)C5)c(F)c4)ncc3C(=O)Nc3c(C)cccc3C)c2)cs1. The largest absolute Gasteiger partial charge is 0.438 e. The first-order valence-corrected chi connectivity index (χ1v) is 16.0. The molecule has 3 aromatic carbocycles. The molecular weight excluding hydrogens is 601 g/mol. The van der Waals surface area contributed by atoms with Gasteiger partial charge in [-0.15, -0.1) is 11.3 Å². The number of halogens is 1. The van der Waals surface area contributed by atoms with Gasteiger partial charge in [0.2, 0.25) is 11.8 Å². The van der Waals surface area contributed by atoms with Gasteiger partial charge in [0.25, 0.3) is 5.91 Å². The van der Waals surface area contributed by atoms with Gasteiger partial charge in [-0.1, -0.05) is 30.3 Å². The maximum absolute atomic E-state index is 15.3. The highest BCUT2D eigenvalue weighted by molar-refractivity contribution is 7.09. The van der Waals surface area contributed by atoms with E-state index in [4.69, 9.17) is 4.74 Å². The number of nitrogens with one attached hydrogen (secondary N) is 2. The lowest BCUT2D eigenvalue weighted by Gasteiger charge is -2.39. The molecule has 1 amide bonds. The van der Waals surface area contributed by atoms with Crippen LogP contribution in [0.25, 0.3) is 11.3 Å². The summed E-state index contributed by atoms with van der Waals surface area (Å²) in [6.45, 7) is 10.3. The predicted molar refractivity (Wildman–Crippen MR) is 182 cm³/mol. The minimum atomic E-state index is -0.415. The second-order valence-corrected chi connectivity index (χ2v) is 12.6. The summed E-state index contributed by atoms with van der Waals surface area (Å²) in [5, 5.41) is 9.02. The van der Waals surface area contributed by atoms with Crippen LogP contribution >= 0.6 is 11.3 Å². The number of likely N-dealkylation sites (N-methyl/N-ethyl adjacent to an activating group) is 1. The molecule has 1 fully saturated rings. The van der Waals surface area contributed by atoms with E-state index in [1.54, 1.807) is 29.5 Å². The second-order valence-electron chi connectivity index (χ2n) is 11.6. The number of hydrogen-bond donors (Lipinski definition) is 2. The van der Waals surface area contributed by atoms with Crippen LogP contribution in [0.5, 0.6) is 11.6 Å². The zero-order valence-electron chi connectivity index (χ0n) is 26.5. The fraction of sp³-hybridized carbons (Fsp3) is 0.257. The lowest BCUT2D eigenvalue weighted by atomic mass is 10.1. The first-order chi connectivity index (χ1) is 22.1. The molecule has 2 aromatic heterocycles. The van der Waals surface area contributed by atoms with E-state index < -0.39 is 5.91 Å². The van der Waals surface area contributed by atoms with Crippen molar-refractivity contribution in [1.82, 2.24) is 19.9 Å². The molecule has 11 heteroatoms.